The zero-order chi connectivity index (χ0) is 12.8. The summed E-state index contributed by atoms with van der Waals surface area (Å²) in [5, 5.41) is 1.14. The van der Waals surface area contributed by atoms with Crippen molar-refractivity contribution in [2.75, 3.05) is 38.2 Å². The monoisotopic (exact) mass is 317 g/mol. The Morgan fingerprint density at radius 1 is 1.22 bits per heavy atom. The van der Waals surface area contributed by atoms with Crippen LogP contribution in [0.15, 0.2) is 0 Å². The van der Waals surface area contributed by atoms with Crippen LogP contribution in [0.25, 0.3) is 0 Å². The van der Waals surface area contributed by atoms with Crippen molar-refractivity contribution in [2.24, 2.45) is 11.3 Å². The van der Waals surface area contributed by atoms with Crippen molar-refractivity contribution in [1.82, 2.24) is 4.90 Å². The predicted octanol–water partition coefficient (Wildman–Crippen LogP) is 3.69. The molecule has 0 spiro atoms. The van der Waals surface area contributed by atoms with E-state index >= 15 is 0 Å². The third-order valence-corrected chi connectivity index (χ3v) is 6.10. The smallest absolute Gasteiger partial charge is 0.0472 e. The number of nitrogens with zero attached hydrogens (tertiary/aromatic N) is 1. The van der Waals surface area contributed by atoms with Crippen molar-refractivity contribution < 1.29 is 4.74 Å². The molecule has 2 aliphatic rings. The zero-order valence-corrected chi connectivity index (χ0v) is 13.4. The van der Waals surface area contributed by atoms with Gasteiger partial charge in [0.25, 0.3) is 0 Å². The van der Waals surface area contributed by atoms with Crippen molar-refractivity contribution in [3.05, 3.63) is 0 Å². The Bertz CT molecular complexity index is 241. The highest BCUT2D eigenvalue weighted by Crippen LogP contribution is 2.34. The van der Waals surface area contributed by atoms with E-state index in [9.17, 15) is 0 Å². The van der Waals surface area contributed by atoms with Crippen molar-refractivity contribution in [1.29, 1.82) is 0 Å². The van der Waals surface area contributed by atoms with Crippen molar-refractivity contribution in [2.45, 2.75) is 45.4 Å². The number of ether oxygens (including phenoxy) is 1. The van der Waals surface area contributed by atoms with Crippen LogP contribution >= 0.6 is 15.9 Å². The summed E-state index contributed by atoms with van der Waals surface area (Å²) >= 11 is 3.76. The molecule has 0 amide bonds. The number of alkyl halides is 1. The van der Waals surface area contributed by atoms with Gasteiger partial charge in [0, 0.05) is 25.1 Å². The van der Waals surface area contributed by atoms with Gasteiger partial charge in [-0.05, 0) is 56.5 Å². The standard InChI is InChI=1S/C15H28BrNO/c1-2-14-4-3-8-17(9-5-14)13-15(12-16)6-10-18-11-7-15/h14H,2-13H2,1H3. The molecular weight excluding hydrogens is 290 g/mol. The average Bonchev–Trinajstić information content (AvgIpc) is 2.65. The summed E-state index contributed by atoms with van der Waals surface area (Å²) in [6.45, 7) is 8.16. The fourth-order valence-corrected chi connectivity index (χ4v) is 4.14. The number of hydrogen-bond donors (Lipinski definition) is 0. The van der Waals surface area contributed by atoms with Gasteiger partial charge in [0.2, 0.25) is 0 Å². The lowest BCUT2D eigenvalue weighted by Gasteiger charge is -2.39. The molecule has 3 heteroatoms. The Kier molecular flexibility index (Phi) is 5.96. The molecule has 0 aliphatic carbocycles. The predicted molar refractivity (Wildman–Crippen MR) is 80.4 cm³/mol. The van der Waals surface area contributed by atoms with Crippen molar-refractivity contribution in [3.63, 3.8) is 0 Å². The van der Waals surface area contributed by atoms with Gasteiger partial charge in [-0.2, -0.15) is 0 Å². The van der Waals surface area contributed by atoms with Crippen LogP contribution in [0.2, 0.25) is 0 Å². The Morgan fingerprint density at radius 3 is 2.67 bits per heavy atom. The molecule has 106 valence electrons. The molecule has 0 N–H and O–H groups in total. The Morgan fingerprint density at radius 2 is 2.00 bits per heavy atom. The lowest BCUT2D eigenvalue weighted by atomic mass is 9.82. The molecule has 1 atom stereocenters. The van der Waals surface area contributed by atoms with Gasteiger partial charge in [-0.3, -0.25) is 0 Å². The average molecular weight is 318 g/mol. The molecule has 2 nitrogen and oxygen atoms in total. The van der Waals surface area contributed by atoms with Gasteiger partial charge >= 0.3 is 0 Å². The van der Waals surface area contributed by atoms with E-state index < -0.39 is 0 Å². The second-order valence-corrected chi connectivity index (χ2v) is 6.79. The van der Waals surface area contributed by atoms with Crippen LogP contribution in [0.3, 0.4) is 0 Å². The van der Waals surface area contributed by atoms with Crippen LogP contribution in [-0.4, -0.2) is 43.1 Å². The lowest BCUT2D eigenvalue weighted by molar-refractivity contribution is 0.00852. The maximum absolute atomic E-state index is 5.54. The van der Waals surface area contributed by atoms with Crippen LogP contribution < -0.4 is 0 Å². The molecule has 0 saturated carbocycles. The summed E-state index contributed by atoms with van der Waals surface area (Å²) in [7, 11) is 0. The van der Waals surface area contributed by atoms with Gasteiger partial charge in [-0.25, -0.2) is 0 Å². The van der Waals surface area contributed by atoms with Crippen LogP contribution in [0.4, 0.5) is 0 Å². The van der Waals surface area contributed by atoms with E-state index in [1.54, 1.807) is 0 Å². The van der Waals surface area contributed by atoms with E-state index in [1.165, 1.54) is 58.2 Å². The maximum atomic E-state index is 5.54. The first-order valence-corrected chi connectivity index (χ1v) is 8.76. The molecule has 0 aromatic heterocycles. The molecule has 18 heavy (non-hydrogen) atoms. The van der Waals surface area contributed by atoms with E-state index in [2.05, 4.69) is 27.8 Å². The summed E-state index contributed by atoms with van der Waals surface area (Å²) in [6, 6.07) is 0. The van der Waals surface area contributed by atoms with E-state index in [0.29, 0.717) is 5.41 Å². The fourth-order valence-electron chi connectivity index (χ4n) is 3.40. The highest BCUT2D eigenvalue weighted by molar-refractivity contribution is 9.09. The second-order valence-electron chi connectivity index (χ2n) is 6.23. The SMILES string of the molecule is CCC1CCCN(CC2(CBr)CCOCC2)CC1. The van der Waals surface area contributed by atoms with Gasteiger partial charge in [-0.1, -0.05) is 29.3 Å². The summed E-state index contributed by atoms with van der Waals surface area (Å²) in [5.41, 5.74) is 0.476. The Balaban J connectivity index is 1.87. The molecule has 2 fully saturated rings. The molecule has 0 aromatic carbocycles. The van der Waals surface area contributed by atoms with Crippen molar-refractivity contribution in [3.8, 4) is 0 Å². The second kappa shape index (κ2) is 7.25. The molecule has 2 rings (SSSR count). The molecule has 0 aromatic rings. The topological polar surface area (TPSA) is 12.5 Å². The van der Waals surface area contributed by atoms with Crippen LogP contribution in [0.5, 0.6) is 0 Å². The first kappa shape index (κ1) is 14.8. The Labute approximate surface area is 121 Å². The van der Waals surface area contributed by atoms with Crippen LogP contribution in [-0.2, 0) is 4.74 Å². The van der Waals surface area contributed by atoms with Gasteiger partial charge in [0.05, 0.1) is 0 Å². The highest BCUT2D eigenvalue weighted by atomic mass is 79.9. The van der Waals surface area contributed by atoms with E-state index in [-0.39, 0.29) is 0 Å². The molecular formula is C15H28BrNO. The van der Waals surface area contributed by atoms with Gasteiger partial charge < -0.3 is 9.64 Å². The third kappa shape index (κ3) is 3.94. The zero-order valence-electron chi connectivity index (χ0n) is 11.8. The quantitative estimate of drug-likeness (QED) is 0.733. The summed E-state index contributed by atoms with van der Waals surface area (Å²) < 4.78 is 5.54. The summed E-state index contributed by atoms with van der Waals surface area (Å²) in [6.07, 6.45) is 8.07. The molecule has 2 aliphatic heterocycles. The number of hydrogen-bond acceptors (Lipinski definition) is 2. The first-order valence-electron chi connectivity index (χ1n) is 7.64. The first-order chi connectivity index (χ1) is 8.78. The molecule has 2 saturated heterocycles. The van der Waals surface area contributed by atoms with Crippen LogP contribution in [0, 0.1) is 11.3 Å². The lowest BCUT2D eigenvalue weighted by Crippen LogP contribution is -2.43. The minimum absolute atomic E-state index is 0.476. The minimum atomic E-state index is 0.476. The van der Waals surface area contributed by atoms with Gasteiger partial charge in [0.15, 0.2) is 0 Å². The van der Waals surface area contributed by atoms with Crippen LogP contribution in [0.1, 0.15) is 45.4 Å². The van der Waals surface area contributed by atoms with Gasteiger partial charge in [0.1, 0.15) is 0 Å². The van der Waals surface area contributed by atoms with E-state index in [4.69, 9.17) is 4.74 Å². The number of halogens is 1. The minimum Gasteiger partial charge on any atom is -0.381 e. The Hall–Kier alpha value is 0.400. The maximum Gasteiger partial charge on any atom is 0.0472 e. The van der Waals surface area contributed by atoms with Crippen molar-refractivity contribution >= 4 is 15.9 Å². The molecule has 2 heterocycles. The third-order valence-electron chi connectivity index (χ3n) is 4.91. The number of rotatable bonds is 4. The van der Waals surface area contributed by atoms with Gasteiger partial charge in [-0.15, -0.1) is 0 Å². The number of likely N-dealkylation sites (tertiary alicyclic amines) is 1. The normalized spacial score (nSPS) is 30.0. The van der Waals surface area contributed by atoms with E-state index in [0.717, 1.165) is 24.5 Å². The molecule has 0 bridgehead atoms. The molecule has 0 radical (unpaired) electrons. The van der Waals surface area contributed by atoms with E-state index in [1.807, 2.05) is 0 Å². The fraction of sp³-hybridized carbons (Fsp3) is 1.00. The highest BCUT2D eigenvalue weighted by Gasteiger charge is 2.33. The largest absolute Gasteiger partial charge is 0.381 e. The summed E-state index contributed by atoms with van der Waals surface area (Å²) in [5.74, 6) is 0.976. The molecule has 1 unspecified atom stereocenters. The summed E-state index contributed by atoms with van der Waals surface area (Å²) in [4.78, 5) is 2.72.